The minimum atomic E-state index is -2.17. The molecule has 1 aromatic heterocycles. The van der Waals surface area contributed by atoms with E-state index < -0.39 is 38.1 Å². The second kappa shape index (κ2) is 13.6. The van der Waals surface area contributed by atoms with Gasteiger partial charge in [0.2, 0.25) is 11.8 Å². The zero-order chi connectivity index (χ0) is 32.1. The highest BCUT2D eigenvalue weighted by Crippen LogP contribution is 2.40. The van der Waals surface area contributed by atoms with Gasteiger partial charge in [0.05, 0.1) is 31.8 Å². The average Bonchev–Trinajstić information content (AvgIpc) is 3.29. The molecule has 44 heavy (non-hydrogen) atoms. The molecule has 8 nitrogen and oxygen atoms in total. The lowest BCUT2D eigenvalue weighted by Crippen LogP contribution is -2.46. The molecule has 1 aliphatic heterocycles. The van der Waals surface area contributed by atoms with Crippen molar-refractivity contribution in [2.24, 2.45) is 0 Å². The number of cyclic esters (lactones) is 1. The molecule has 1 saturated heterocycles. The van der Waals surface area contributed by atoms with E-state index in [0.29, 0.717) is 29.8 Å². The Morgan fingerprint density at radius 1 is 1.00 bits per heavy atom. The van der Waals surface area contributed by atoms with Gasteiger partial charge >= 0.3 is 6.09 Å². The van der Waals surface area contributed by atoms with Crippen LogP contribution in [0.2, 0.25) is 18.1 Å². The molecule has 2 heterocycles. The predicted octanol–water partition coefficient (Wildman–Crippen LogP) is 6.80. The number of aliphatic hydroxyl groups is 1. The van der Waals surface area contributed by atoms with E-state index in [1.54, 1.807) is 12.3 Å². The van der Waals surface area contributed by atoms with Gasteiger partial charge < -0.3 is 19.0 Å². The van der Waals surface area contributed by atoms with Gasteiger partial charge in [-0.1, -0.05) is 88.4 Å². The summed E-state index contributed by atoms with van der Waals surface area (Å²) in [5, 5.41) is 12.1. The first-order valence-corrected chi connectivity index (χ1v) is 18.2. The highest BCUT2D eigenvalue weighted by molar-refractivity contribution is 6.74. The molecule has 0 saturated carbocycles. The first-order valence-electron chi connectivity index (χ1n) is 15.3. The maximum atomic E-state index is 14.1. The van der Waals surface area contributed by atoms with Gasteiger partial charge in [0.1, 0.15) is 6.10 Å². The van der Waals surface area contributed by atoms with Crippen molar-refractivity contribution < 1.29 is 28.6 Å². The van der Waals surface area contributed by atoms with Crippen LogP contribution in [-0.2, 0) is 39.0 Å². The second-order valence-electron chi connectivity index (χ2n) is 13.1. The summed E-state index contributed by atoms with van der Waals surface area (Å²) in [6.45, 7) is 12.8. The highest BCUT2D eigenvalue weighted by Gasteiger charge is 2.47. The zero-order valence-corrected chi connectivity index (χ0v) is 28.0. The minimum absolute atomic E-state index is 0.0280. The molecule has 9 heteroatoms. The van der Waals surface area contributed by atoms with Gasteiger partial charge in [-0.25, -0.2) is 14.7 Å². The molecule has 1 N–H and O–H groups in total. The van der Waals surface area contributed by atoms with E-state index in [2.05, 4.69) is 38.8 Å². The van der Waals surface area contributed by atoms with Crippen molar-refractivity contribution in [3.8, 4) is 5.88 Å². The number of rotatable bonds is 12. The van der Waals surface area contributed by atoms with Gasteiger partial charge in [0.15, 0.2) is 8.32 Å². The number of carbonyl (C=O) groups excluding carboxylic acids is 2. The third kappa shape index (κ3) is 7.39. The van der Waals surface area contributed by atoms with Crippen molar-refractivity contribution in [3.05, 3.63) is 95.2 Å². The molecule has 0 spiro atoms. The van der Waals surface area contributed by atoms with Gasteiger partial charge in [-0.15, -0.1) is 0 Å². The molecule has 0 aliphatic carbocycles. The molecule has 0 unspecified atom stereocenters. The molecule has 0 bridgehead atoms. The van der Waals surface area contributed by atoms with Gasteiger partial charge in [0.25, 0.3) is 0 Å². The van der Waals surface area contributed by atoms with Crippen LogP contribution in [-0.4, -0.2) is 54.6 Å². The van der Waals surface area contributed by atoms with Crippen LogP contribution in [0.3, 0.4) is 0 Å². The summed E-state index contributed by atoms with van der Waals surface area (Å²) in [6, 6.07) is 20.7. The lowest BCUT2D eigenvalue weighted by atomic mass is 9.84. The van der Waals surface area contributed by atoms with Crippen LogP contribution in [0.4, 0.5) is 4.79 Å². The first kappa shape index (κ1) is 33.4. The van der Waals surface area contributed by atoms with Crippen molar-refractivity contribution in [1.82, 2.24) is 9.88 Å². The number of ether oxygens (including phenoxy) is 2. The number of pyridine rings is 1. The maximum Gasteiger partial charge on any atom is 0.417 e. The average molecular weight is 619 g/mol. The van der Waals surface area contributed by atoms with Gasteiger partial charge in [-0.2, -0.15) is 0 Å². The number of nitrogens with zero attached hydrogens (tertiary/aromatic N) is 2. The number of hydrogen-bond donors (Lipinski definition) is 1. The topological polar surface area (TPSA) is 98.2 Å². The number of aromatic nitrogens is 1. The fourth-order valence-electron chi connectivity index (χ4n) is 5.40. The molecule has 1 fully saturated rings. The Morgan fingerprint density at radius 3 is 2.14 bits per heavy atom. The molecular weight excluding hydrogens is 572 g/mol. The lowest BCUT2D eigenvalue weighted by Gasteiger charge is -2.37. The van der Waals surface area contributed by atoms with Crippen molar-refractivity contribution in [2.45, 2.75) is 95.9 Å². The van der Waals surface area contributed by atoms with E-state index >= 15 is 0 Å². The SMILES string of the molecule is CC[C@@](O)(CC(=O)N1C(=O)O[C@@H](Cc2ccccc2)[C@H]1Cc1ccccc1)c1ccnc(OC)c1CO[Si](C)(C)C(C)(C)C. The fraction of sp³-hybridized carbons (Fsp3) is 0.457. The number of hydrogen-bond acceptors (Lipinski definition) is 7. The van der Waals surface area contributed by atoms with E-state index in [1.165, 1.54) is 12.0 Å². The molecule has 4 rings (SSSR count). The van der Waals surface area contributed by atoms with Crippen LogP contribution in [0.15, 0.2) is 72.9 Å². The molecule has 236 valence electrons. The van der Waals surface area contributed by atoms with Crippen molar-refractivity contribution in [2.75, 3.05) is 7.11 Å². The van der Waals surface area contributed by atoms with E-state index in [9.17, 15) is 14.7 Å². The zero-order valence-electron chi connectivity index (χ0n) is 27.0. The van der Waals surface area contributed by atoms with Crippen LogP contribution in [0.25, 0.3) is 0 Å². The van der Waals surface area contributed by atoms with Crippen molar-refractivity contribution in [3.63, 3.8) is 0 Å². The Morgan fingerprint density at radius 2 is 1.59 bits per heavy atom. The van der Waals surface area contributed by atoms with Gasteiger partial charge in [-0.05, 0) is 53.7 Å². The van der Waals surface area contributed by atoms with Crippen LogP contribution < -0.4 is 4.74 Å². The monoisotopic (exact) mass is 618 g/mol. The quantitative estimate of drug-likeness (QED) is 0.223. The molecule has 0 radical (unpaired) electrons. The molecule has 3 atom stereocenters. The first-order chi connectivity index (χ1) is 20.8. The Kier molecular flexibility index (Phi) is 10.3. The summed E-state index contributed by atoms with van der Waals surface area (Å²) in [5.74, 6) is -0.158. The highest BCUT2D eigenvalue weighted by atomic mass is 28.4. The summed E-state index contributed by atoms with van der Waals surface area (Å²) < 4.78 is 18.0. The van der Waals surface area contributed by atoms with E-state index in [-0.39, 0.29) is 24.5 Å². The third-order valence-electron chi connectivity index (χ3n) is 9.17. The van der Waals surface area contributed by atoms with Crippen LogP contribution in [0.5, 0.6) is 5.88 Å². The molecule has 2 aromatic carbocycles. The number of methoxy groups -OCH3 is 1. The summed E-state index contributed by atoms with van der Waals surface area (Å²) in [6.07, 6.45) is 1.16. The summed E-state index contributed by atoms with van der Waals surface area (Å²) >= 11 is 0. The van der Waals surface area contributed by atoms with Crippen molar-refractivity contribution in [1.29, 1.82) is 0 Å². The Labute approximate surface area is 262 Å². The Bertz CT molecular complexity index is 1430. The third-order valence-corrected chi connectivity index (χ3v) is 13.6. The molecule has 3 aromatic rings. The smallest absolute Gasteiger partial charge is 0.417 e. The van der Waals surface area contributed by atoms with E-state index in [1.807, 2.05) is 67.6 Å². The number of imide groups is 1. The number of amides is 2. The fourth-order valence-corrected chi connectivity index (χ4v) is 6.33. The largest absolute Gasteiger partial charge is 0.481 e. The standard InChI is InChI=1S/C35H46N2O6Si/c1-8-35(40,28-19-20-36-32(41-5)27(28)24-42-44(6,7)34(2,3)4)23-31(38)37-29(21-25-15-11-9-12-16-25)30(43-33(37)39)22-26-17-13-10-14-18-26/h9-20,29-30,40H,8,21-24H2,1-7H3/t29-,30+,35-/m1/s1. The molecule has 2 amide bonds. The van der Waals surface area contributed by atoms with Crippen LogP contribution in [0.1, 0.15) is 62.8 Å². The summed E-state index contributed by atoms with van der Waals surface area (Å²) in [7, 11) is -0.638. The Hall–Kier alpha value is -3.53. The van der Waals surface area contributed by atoms with Crippen molar-refractivity contribution >= 4 is 20.3 Å². The summed E-state index contributed by atoms with van der Waals surface area (Å²) in [5.41, 5.74) is 1.50. The maximum absolute atomic E-state index is 14.1. The molecular formula is C35H46N2O6Si. The lowest BCUT2D eigenvalue weighted by molar-refractivity contribution is -0.135. The number of carbonyl (C=O) groups is 2. The van der Waals surface area contributed by atoms with Crippen LogP contribution in [0, 0.1) is 0 Å². The molecule has 1 aliphatic rings. The Balaban J connectivity index is 1.65. The van der Waals surface area contributed by atoms with Gasteiger partial charge in [0, 0.05) is 18.2 Å². The van der Waals surface area contributed by atoms with Crippen LogP contribution >= 0.6 is 0 Å². The number of benzene rings is 2. The second-order valence-corrected chi connectivity index (χ2v) is 17.9. The van der Waals surface area contributed by atoms with E-state index in [0.717, 1.165) is 11.1 Å². The summed E-state index contributed by atoms with van der Waals surface area (Å²) in [4.78, 5) is 33.1. The predicted molar refractivity (Wildman–Crippen MR) is 173 cm³/mol. The minimum Gasteiger partial charge on any atom is -0.481 e. The van der Waals surface area contributed by atoms with E-state index in [4.69, 9.17) is 13.9 Å². The normalized spacial score (nSPS) is 18.5. The van der Waals surface area contributed by atoms with Gasteiger partial charge in [-0.3, -0.25) is 4.79 Å².